The maximum absolute atomic E-state index is 12.5. The summed E-state index contributed by atoms with van der Waals surface area (Å²) in [4.78, 5) is 29.1. The standard InChI is InChI=1S/C20H26N4O3/c1-2-27-19(25)17-18(23-20(26)22-16-11-7-4-8-12-16)21-14-24(17)13-15-9-5-3-6-10-15/h3,5-6,9-10,14,16H,2,4,7-8,11-13H2,1H3,(H2,22,23,26). The molecule has 1 aromatic carbocycles. The number of rotatable bonds is 6. The van der Waals surface area contributed by atoms with Gasteiger partial charge in [-0.1, -0.05) is 49.6 Å². The van der Waals surface area contributed by atoms with Crippen LogP contribution < -0.4 is 10.6 Å². The molecule has 1 fully saturated rings. The number of benzene rings is 1. The number of urea groups is 1. The number of nitrogens with one attached hydrogen (secondary N) is 2. The molecule has 1 aromatic heterocycles. The van der Waals surface area contributed by atoms with Crippen LogP contribution in [0.2, 0.25) is 0 Å². The molecule has 0 spiro atoms. The van der Waals surface area contributed by atoms with E-state index in [1.165, 1.54) is 6.42 Å². The van der Waals surface area contributed by atoms with Crippen molar-refractivity contribution >= 4 is 17.8 Å². The van der Waals surface area contributed by atoms with E-state index in [-0.39, 0.29) is 30.2 Å². The molecular formula is C20H26N4O3. The Morgan fingerprint density at radius 2 is 1.93 bits per heavy atom. The molecule has 0 unspecified atom stereocenters. The number of carbonyl (C=O) groups excluding carboxylic acids is 2. The molecule has 1 heterocycles. The van der Waals surface area contributed by atoms with Crippen molar-refractivity contribution in [1.82, 2.24) is 14.9 Å². The molecule has 0 radical (unpaired) electrons. The van der Waals surface area contributed by atoms with Gasteiger partial charge in [-0.2, -0.15) is 0 Å². The summed E-state index contributed by atoms with van der Waals surface area (Å²) in [5.41, 5.74) is 1.28. The van der Waals surface area contributed by atoms with Gasteiger partial charge in [0, 0.05) is 12.6 Å². The third kappa shape index (κ3) is 5.09. The van der Waals surface area contributed by atoms with E-state index in [0.717, 1.165) is 31.2 Å². The highest BCUT2D eigenvalue weighted by Crippen LogP contribution is 2.19. The van der Waals surface area contributed by atoms with Gasteiger partial charge < -0.3 is 14.6 Å². The molecule has 7 nitrogen and oxygen atoms in total. The number of imidazole rings is 1. The summed E-state index contributed by atoms with van der Waals surface area (Å²) < 4.78 is 6.86. The number of hydrogen-bond acceptors (Lipinski definition) is 4. The molecule has 0 atom stereocenters. The smallest absolute Gasteiger partial charge is 0.358 e. The Balaban J connectivity index is 1.75. The molecule has 7 heteroatoms. The zero-order valence-electron chi connectivity index (χ0n) is 15.6. The highest BCUT2D eigenvalue weighted by Gasteiger charge is 2.23. The van der Waals surface area contributed by atoms with E-state index >= 15 is 0 Å². The minimum absolute atomic E-state index is 0.177. The monoisotopic (exact) mass is 370 g/mol. The summed E-state index contributed by atoms with van der Waals surface area (Å²) in [5, 5.41) is 5.69. The number of esters is 1. The molecular weight excluding hydrogens is 344 g/mol. The first kappa shape index (κ1) is 18.9. The topological polar surface area (TPSA) is 85.2 Å². The molecule has 1 aliphatic carbocycles. The largest absolute Gasteiger partial charge is 0.461 e. The van der Waals surface area contributed by atoms with E-state index in [4.69, 9.17) is 4.74 Å². The Labute approximate surface area is 159 Å². The average molecular weight is 370 g/mol. The van der Waals surface area contributed by atoms with E-state index in [0.29, 0.717) is 6.54 Å². The first-order valence-electron chi connectivity index (χ1n) is 9.51. The summed E-state index contributed by atoms with van der Waals surface area (Å²) in [7, 11) is 0. The molecule has 0 saturated heterocycles. The van der Waals surface area contributed by atoms with Crippen LogP contribution in [0.4, 0.5) is 10.6 Å². The quantitative estimate of drug-likeness (QED) is 0.762. The fraction of sp³-hybridized carbons (Fsp3) is 0.450. The van der Waals surface area contributed by atoms with Crippen LogP contribution in [0.5, 0.6) is 0 Å². The second kappa shape index (κ2) is 9.21. The van der Waals surface area contributed by atoms with Crippen LogP contribution in [0, 0.1) is 0 Å². The molecule has 3 rings (SSSR count). The summed E-state index contributed by atoms with van der Waals surface area (Å²) in [6, 6.07) is 9.59. The van der Waals surface area contributed by atoms with Gasteiger partial charge in [0.15, 0.2) is 11.5 Å². The number of anilines is 1. The lowest BCUT2D eigenvalue weighted by Crippen LogP contribution is -2.39. The van der Waals surface area contributed by atoms with Gasteiger partial charge in [0.1, 0.15) is 0 Å². The fourth-order valence-corrected chi connectivity index (χ4v) is 3.36. The second-order valence-electron chi connectivity index (χ2n) is 6.71. The van der Waals surface area contributed by atoms with Crippen molar-refractivity contribution < 1.29 is 14.3 Å². The number of ether oxygens (including phenoxy) is 1. The molecule has 27 heavy (non-hydrogen) atoms. The molecule has 0 bridgehead atoms. The van der Waals surface area contributed by atoms with Crippen molar-refractivity contribution in [2.45, 2.75) is 51.6 Å². The summed E-state index contributed by atoms with van der Waals surface area (Å²) in [6.07, 6.45) is 7.00. The predicted molar refractivity (Wildman–Crippen MR) is 103 cm³/mol. The molecule has 1 aliphatic rings. The van der Waals surface area contributed by atoms with Crippen LogP contribution in [0.3, 0.4) is 0 Å². The maximum Gasteiger partial charge on any atom is 0.358 e. The van der Waals surface area contributed by atoms with E-state index < -0.39 is 5.97 Å². The van der Waals surface area contributed by atoms with Crippen molar-refractivity contribution in [3.05, 3.63) is 47.9 Å². The first-order chi connectivity index (χ1) is 13.2. The van der Waals surface area contributed by atoms with E-state index in [2.05, 4.69) is 15.6 Å². The third-order valence-corrected chi connectivity index (χ3v) is 4.67. The minimum Gasteiger partial charge on any atom is -0.461 e. The fourth-order valence-electron chi connectivity index (χ4n) is 3.36. The van der Waals surface area contributed by atoms with Crippen molar-refractivity contribution in [3.8, 4) is 0 Å². The van der Waals surface area contributed by atoms with Crippen LogP contribution >= 0.6 is 0 Å². The number of aromatic nitrogens is 2. The Morgan fingerprint density at radius 1 is 1.19 bits per heavy atom. The van der Waals surface area contributed by atoms with Crippen LogP contribution in [-0.2, 0) is 11.3 Å². The van der Waals surface area contributed by atoms with Gasteiger partial charge in [-0.25, -0.2) is 14.6 Å². The van der Waals surface area contributed by atoms with Gasteiger partial charge in [-0.15, -0.1) is 0 Å². The van der Waals surface area contributed by atoms with Crippen LogP contribution in [-0.4, -0.2) is 34.2 Å². The number of hydrogen-bond donors (Lipinski definition) is 2. The van der Waals surface area contributed by atoms with Gasteiger partial charge in [0.25, 0.3) is 0 Å². The maximum atomic E-state index is 12.5. The number of carbonyl (C=O) groups is 2. The van der Waals surface area contributed by atoms with Crippen LogP contribution in [0.1, 0.15) is 55.1 Å². The van der Waals surface area contributed by atoms with E-state index in [9.17, 15) is 9.59 Å². The summed E-state index contributed by atoms with van der Waals surface area (Å²) >= 11 is 0. The molecule has 2 N–H and O–H groups in total. The minimum atomic E-state index is -0.501. The highest BCUT2D eigenvalue weighted by molar-refractivity contribution is 5.98. The van der Waals surface area contributed by atoms with Crippen molar-refractivity contribution in [1.29, 1.82) is 0 Å². The predicted octanol–water partition coefficient (Wildman–Crippen LogP) is 3.56. The van der Waals surface area contributed by atoms with Gasteiger partial charge in [-0.05, 0) is 25.3 Å². The zero-order valence-corrected chi connectivity index (χ0v) is 15.6. The summed E-state index contributed by atoms with van der Waals surface area (Å²) in [5.74, 6) is -0.281. The number of nitrogens with zero attached hydrogens (tertiary/aromatic N) is 2. The lowest BCUT2D eigenvalue weighted by atomic mass is 9.96. The van der Waals surface area contributed by atoms with E-state index in [1.54, 1.807) is 17.8 Å². The van der Waals surface area contributed by atoms with Crippen LogP contribution in [0.15, 0.2) is 36.7 Å². The van der Waals surface area contributed by atoms with Gasteiger partial charge in [0.05, 0.1) is 12.9 Å². The molecule has 2 amide bonds. The normalized spacial score (nSPS) is 14.6. The lowest BCUT2D eigenvalue weighted by Gasteiger charge is -2.22. The Hall–Kier alpha value is -2.83. The van der Waals surface area contributed by atoms with Gasteiger partial charge >= 0.3 is 12.0 Å². The summed E-state index contributed by atoms with van der Waals surface area (Å²) in [6.45, 7) is 2.47. The lowest BCUT2D eigenvalue weighted by molar-refractivity contribution is 0.0515. The molecule has 144 valence electrons. The van der Waals surface area contributed by atoms with Crippen molar-refractivity contribution in [3.63, 3.8) is 0 Å². The highest BCUT2D eigenvalue weighted by atomic mass is 16.5. The van der Waals surface area contributed by atoms with Gasteiger partial charge in [0.2, 0.25) is 0 Å². The Kier molecular flexibility index (Phi) is 6.46. The average Bonchev–Trinajstić information content (AvgIpc) is 3.05. The molecule has 1 saturated carbocycles. The zero-order chi connectivity index (χ0) is 19.1. The molecule has 0 aliphatic heterocycles. The van der Waals surface area contributed by atoms with Crippen molar-refractivity contribution in [2.24, 2.45) is 0 Å². The Morgan fingerprint density at radius 3 is 2.63 bits per heavy atom. The van der Waals surface area contributed by atoms with Crippen molar-refractivity contribution in [2.75, 3.05) is 11.9 Å². The Bertz CT molecular complexity index is 767. The van der Waals surface area contributed by atoms with E-state index in [1.807, 2.05) is 30.3 Å². The first-order valence-corrected chi connectivity index (χ1v) is 9.51. The number of amides is 2. The molecule has 2 aromatic rings. The third-order valence-electron chi connectivity index (χ3n) is 4.67. The SMILES string of the molecule is CCOC(=O)c1c(NC(=O)NC2CCCCC2)ncn1Cc1ccccc1. The van der Waals surface area contributed by atoms with Crippen LogP contribution in [0.25, 0.3) is 0 Å². The van der Waals surface area contributed by atoms with Gasteiger partial charge in [-0.3, -0.25) is 5.32 Å². The second-order valence-corrected chi connectivity index (χ2v) is 6.71.